The van der Waals surface area contributed by atoms with Gasteiger partial charge in [-0.25, -0.2) is 8.42 Å². The molecule has 2 N–H and O–H groups in total. The van der Waals surface area contributed by atoms with Crippen LogP contribution in [-0.4, -0.2) is 13.6 Å². The molecule has 0 saturated heterocycles. The molecule has 0 radical (unpaired) electrons. The third-order valence-corrected chi connectivity index (χ3v) is 4.08. The van der Waals surface area contributed by atoms with Crippen molar-refractivity contribution in [1.82, 2.24) is 4.89 Å². The van der Waals surface area contributed by atoms with E-state index in [1.165, 1.54) is 18.7 Å². The Balaban J connectivity index is 3.22. The van der Waals surface area contributed by atoms with Crippen LogP contribution < -0.4 is 4.89 Å². The third-order valence-electron chi connectivity index (χ3n) is 2.26. The van der Waals surface area contributed by atoms with Crippen LogP contribution in [0.3, 0.4) is 0 Å². The van der Waals surface area contributed by atoms with Crippen molar-refractivity contribution in [3.8, 4) is 0 Å². The lowest BCUT2D eigenvalue weighted by molar-refractivity contribution is 0.238. The number of sulfonamides is 1. The topological polar surface area (TPSA) is 66.4 Å². The zero-order valence-corrected chi connectivity index (χ0v) is 8.88. The Labute approximate surface area is 83.6 Å². The minimum atomic E-state index is -3.75. The standard InChI is InChI=1S/C9H13NO3S/c1-9(2,14(12,13)10-11)8-6-4-3-5-7-8/h3-7,10-11H,1-2H3. The smallest absolute Gasteiger partial charge is 0.242 e. The molecule has 5 heteroatoms. The highest BCUT2D eigenvalue weighted by atomic mass is 32.2. The van der Waals surface area contributed by atoms with Crippen molar-refractivity contribution in [1.29, 1.82) is 0 Å². The SMILES string of the molecule is CC(C)(c1ccccc1)S(=O)(=O)NO. The van der Waals surface area contributed by atoms with E-state index in [4.69, 9.17) is 5.21 Å². The molecule has 0 fully saturated rings. The van der Waals surface area contributed by atoms with Gasteiger partial charge in [-0.3, -0.25) is 0 Å². The van der Waals surface area contributed by atoms with Crippen LogP contribution in [0.25, 0.3) is 0 Å². The molecule has 1 rings (SSSR count). The Morgan fingerprint density at radius 1 is 1.21 bits per heavy atom. The van der Waals surface area contributed by atoms with E-state index in [9.17, 15) is 8.42 Å². The summed E-state index contributed by atoms with van der Waals surface area (Å²) in [5.41, 5.74) is 0.626. The van der Waals surface area contributed by atoms with Crippen molar-refractivity contribution in [2.24, 2.45) is 0 Å². The zero-order chi connectivity index (χ0) is 10.8. The summed E-state index contributed by atoms with van der Waals surface area (Å²) in [6, 6.07) is 8.72. The fourth-order valence-electron chi connectivity index (χ4n) is 1.11. The molecule has 0 spiro atoms. The maximum Gasteiger partial charge on any atom is 0.242 e. The second-order valence-corrected chi connectivity index (χ2v) is 5.68. The Morgan fingerprint density at radius 3 is 2.14 bits per heavy atom. The van der Waals surface area contributed by atoms with Gasteiger partial charge >= 0.3 is 0 Å². The summed E-state index contributed by atoms with van der Waals surface area (Å²) in [4.78, 5) is 1.35. The summed E-state index contributed by atoms with van der Waals surface area (Å²) in [7, 11) is -3.75. The first kappa shape index (κ1) is 11.2. The van der Waals surface area contributed by atoms with Crippen LogP contribution in [0.2, 0.25) is 0 Å². The first-order valence-electron chi connectivity index (χ1n) is 4.13. The molecule has 4 nitrogen and oxygen atoms in total. The second-order valence-electron chi connectivity index (χ2n) is 3.47. The molecule has 0 aliphatic rings. The van der Waals surface area contributed by atoms with Crippen LogP contribution in [0, 0.1) is 0 Å². The number of hydrogen-bond donors (Lipinski definition) is 2. The third kappa shape index (κ3) is 1.79. The van der Waals surface area contributed by atoms with Crippen molar-refractivity contribution >= 4 is 10.0 Å². The zero-order valence-electron chi connectivity index (χ0n) is 8.06. The van der Waals surface area contributed by atoms with E-state index in [1.807, 2.05) is 0 Å². The normalized spacial score (nSPS) is 12.8. The van der Waals surface area contributed by atoms with Crippen molar-refractivity contribution in [2.45, 2.75) is 18.6 Å². The van der Waals surface area contributed by atoms with Gasteiger partial charge in [0, 0.05) is 0 Å². The molecule has 1 aromatic carbocycles. The summed E-state index contributed by atoms with van der Waals surface area (Å²) in [5, 5.41) is 8.55. The van der Waals surface area contributed by atoms with Gasteiger partial charge in [0.2, 0.25) is 10.0 Å². The Morgan fingerprint density at radius 2 is 1.71 bits per heavy atom. The van der Waals surface area contributed by atoms with Crippen LogP contribution >= 0.6 is 0 Å². The molecule has 0 amide bonds. The Kier molecular flexibility index (Phi) is 2.94. The van der Waals surface area contributed by atoms with Gasteiger partial charge in [0.15, 0.2) is 0 Å². The Hall–Kier alpha value is -0.910. The maximum atomic E-state index is 11.5. The molecule has 0 aromatic heterocycles. The van der Waals surface area contributed by atoms with Gasteiger partial charge in [-0.05, 0) is 19.4 Å². The van der Waals surface area contributed by atoms with Gasteiger partial charge in [0.05, 0.1) is 0 Å². The van der Waals surface area contributed by atoms with E-state index in [2.05, 4.69) is 0 Å². The van der Waals surface area contributed by atoms with Crippen LogP contribution in [0.4, 0.5) is 0 Å². The van der Waals surface area contributed by atoms with E-state index >= 15 is 0 Å². The lowest BCUT2D eigenvalue weighted by Crippen LogP contribution is -2.37. The van der Waals surface area contributed by atoms with E-state index < -0.39 is 14.8 Å². The summed E-state index contributed by atoms with van der Waals surface area (Å²) in [6.07, 6.45) is 0. The van der Waals surface area contributed by atoms with E-state index in [0.29, 0.717) is 5.56 Å². The molecule has 14 heavy (non-hydrogen) atoms. The summed E-state index contributed by atoms with van der Waals surface area (Å²) in [6.45, 7) is 3.06. The molecule has 78 valence electrons. The van der Waals surface area contributed by atoms with Gasteiger partial charge in [-0.2, -0.15) is 0 Å². The second kappa shape index (κ2) is 3.68. The molecular weight excluding hydrogens is 202 g/mol. The first-order chi connectivity index (χ1) is 6.42. The van der Waals surface area contributed by atoms with Crippen LogP contribution in [0.5, 0.6) is 0 Å². The van der Waals surface area contributed by atoms with Gasteiger partial charge in [0.25, 0.3) is 0 Å². The number of rotatable bonds is 3. The van der Waals surface area contributed by atoms with E-state index in [-0.39, 0.29) is 0 Å². The monoisotopic (exact) mass is 215 g/mol. The highest BCUT2D eigenvalue weighted by molar-refractivity contribution is 7.90. The first-order valence-corrected chi connectivity index (χ1v) is 5.61. The molecule has 0 bridgehead atoms. The molecule has 0 heterocycles. The van der Waals surface area contributed by atoms with Gasteiger partial charge in [-0.1, -0.05) is 35.2 Å². The van der Waals surface area contributed by atoms with E-state index in [0.717, 1.165) is 0 Å². The quantitative estimate of drug-likeness (QED) is 0.745. The van der Waals surface area contributed by atoms with Gasteiger partial charge < -0.3 is 5.21 Å². The predicted octanol–water partition coefficient (Wildman–Crippen LogP) is 1.23. The summed E-state index contributed by atoms with van der Waals surface area (Å²) < 4.78 is 21.8. The molecule has 0 atom stereocenters. The van der Waals surface area contributed by atoms with Crippen molar-refractivity contribution < 1.29 is 13.6 Å². The molecule has 0 aliphatic carbocycles. The maximum absolute atomic E-state index is 11.5. The van der Waals surface area contributed by atoms with Crippen LogP contribution in [0.1, 0.15) is 19.4 Å². The summed E-state index contributed by atoms with van der Waals surface area (Å²) in [5.74, 6) is 0. The average Bonchev–Trinajstić information content (AvgIpc) is 2.19. The van der Waals surface area contributed by atoms with Gasteiger partial charge in [-0.15, -0.1) is 0 Å². The fourth-order valence-corrected chi connectivity index (χ4v) is 1.78. The summed E-state index contributed by atoms with van der Waals surface area (Å²) >= 11 is 0. The molecular formula is C9H13NO3S. The highest BCUT2D eigenvalue weighted by Crippen LogP contribution is 2.27. The lowest BCUT2D eigenvalue weighted by Gasteiger charge is -2.23. The molecule has 0 unspecified atom stereocenters. The van der Waals surface area contributed by atoms with Crippen molar-refractivity contribution in [3.63, 3.8) is 0 Å². The van der Waals surface area contributed by atoms with Crippen LogP contribution in [-0.2, 0) is 14.8 Å². The van der Waals surface area contributed by atoms with E-state index in [1.54, 1.807) is 30.3 Å². The van der Waals surface area contributed by atoms with Crippen LogP contribution in [0.15, 0.2) is 30.3 Å². The molecule has 0 saturated carbocycles. The molecule has 1 aromatic rings. The minimum Gasteiger partial charge on any atom is -0.302 e. The van der Waals surface area contributed by atoms with Crippen molar-refractivity contribution in [2.75, 3.05) is 0 Å². The lowest BCUT2D eigenvalue weighted by atomic mass is 10.0. The minimum absolute atomic E-state index is 0.626. The number of benzene rings is 1. The van der Waals surface area contributed by atoms with Crippen molar-refractivity contribution in [3.05, 3.63) is 35.9 Å². The fraction of sp³-hybridized carbons (Fsp3) is 0.333. The highest BCUT2D eigenvalue weighted by Gasteiger charge is 2.35. The number of nitrogens with one attached hydrogen (secondary N) is 1. The number of hydrogen-bond acceptors (Lipinski definition) is 3. The largest absolute Gasteiger partial charge is 0.302 e. The van der Waals surface area contributed by atoms with Gasteiger partial charge in [0.1, 0.15) is 4.75 Å². The Bertz CT molecular complexity index is 397. The average molecular weight is 215 g/mol. The molecule has 0 aliphatic heterocycles. The predicted molar refractivity (Wildman–Crippen MR) is 53.3 cm³/mol.